The lowest BCUT2D eigenvalue weighted by molar-refractivity contribution is 0.0728. The molecule has 0 spiro atoms. The first kappa shape index (κ1) is 12.9. The molecule has 0 fully saturated rings. The summed E-state index contributed by atoms with van der Waals surface area (Å²) in [5, 5.41) is 1.56. The molecule has 1 N–H and O–H groups in total. The first-order valence-corrected chi connectivity index (χ1v) is 7.21. The molecule has 0 saturated carbocycles. The molecule has 2 heterocycles. The molecule has 2 aromatic rings. The molecule has 0 atom stereocenters. The van der Waals surface area contributed by atoms with Crippen LogP contribution in [0.5, 0.6) is 5.75 Å². The molecule has 0 saturated heterocycles. The number of carbonyl (C=O) groups is 1. The molecule has 3 rings (SSSR count). The molecule has 6 heteroatoms. The fourth-order valence-electron chi connectivity index (χ4n) is 2.25. The number of aromatic amines is 1. The number of rotatable bonds is 1. The summed E-state index contributed by atoms with van der Waals surface area (Å²) in [6, 6.07) is 5.95. The average molecular weight is 290 g/mol. The zero-order valence-corrected chi connectivity index (χ0v) is 11.8. The number of amides is 1. The summed E-state index contributed by atoms with van der Waals surface area (Å²) in [5.74, 6) is 0.658. The number of aromatic nitrogens is 1. The maximum absolute atomic E-state index is 12.4. The van der Waals surface area contributed by atoms with Crippen LogP contribution < -0.4 is 9.61 Å². The Hall–Kier alpha value is -2.08. The number of fused-ring (bicyclic) bond motifs is 1. The van der Waals surface area contributed by atoms with E-state index in [9.17, 15) is 9.59 Å². The maximum atomic E-state index is 12.4. The monoisotopic (exact) mass is 290 g/mol. The highest BCUT2D eigenvalue weighted by atomic mass is 32.1. The molecule has 5 nitrogen and oxygen atoms in total. The van der Waals surface area contributed by atoms with Crippen molar-refractivity contribution in [2.75, 3.05) is 13.2 Å². The van der Waals surface area contributed by atoms with Crippen LogP contribution in [0.2, 0.25) is 0 Å². The van der Waals surface area contributed by atoms with Crippen LogP contribution in [0.15, 0.2) is 28.4 Å². The molecule has 0 unspecified atom stereocenters. The van der Waals surface area contributed by atoms with Crippen molar-refractivity contribution in [1.29, 1.82) is 0 Å². The summed E-state index contributed by atoms with van der Waals surface area (Å²) >= 11 is 1.00. The second-order valence-electron chi connectivity index (χ2n) is 4.75. The van der Waals surface area contributed by atoms with Crippen LogP contribution in [0.25, 0.3) is 0 Å². The van der Waals surface area contributed by atoms with Crippen LogP contribution in [0.4, 0.5) is 0 Å². The molecule has 1 aromatic carbocycles. The van der Waals surface area contributed by atoms with Gasteiger partial charge in [0.25, 0.3) is 5.91 Å². The van der Waals surface area contributed by atoms with Gasteiger partial charge in [-0.25, -0.2) is 0 Å². The second kappa shape index (κ2) is 5.13. The van der Waals surface area contributed by atoms with Crippen molar-refractivity contribution >= 4 is 17.2 Å². The van der Waals surface area contributed by atoms with Crippen LogP contribution in [0.1, 0.15) is 21.6 Å². The minimum atomic E-state index is -0.212. The minimum Gasteiger partial charge on any atom is -0.491 e. The molecule has 0 bridgehead atoms. The van der Waals surface area contributed by atoms with E-state index in [0.717, 1.165) is 28.2 Å². The molecule has 1 aliphatic rings. The highest BCUT2D eigenvalue weighted by Gasteiger charge is 2.22. The first-order chi connectivity index (χ1) is 9.63. The lowest BCUT2D eigenvalue weighted by Gasteiger charge is -2.18. The normalized spacial score (nSPS) is 14.3. The van der Waals surface area contributed by atoms with Crippen molar-refractivity contribution < 1.29 is 9.53 Å². The summed E-state index contributed by atoms with van der Waals surface area (Å²) in [6.45, 7) is 3.46. The molecule has 1 aliphatic heterocycles. The average Bonchev–Trinajstić information content (AvgIpc) is 2.74. The summed E-state index contributed by atoms with van der Waals surface area (Å²) in [7, 11) is 0. The first-order valence-electron chi connectivity index (χ1n) is 6.33. The third-order valence-corrected chi connectivity index (χ3v) is 3.90. The van der Waals surface area contributed by atoms with Crippen molar-refractivity contribution in [3.8, 4) is 5.75 Å². The number of ether oxygens (including phenoxy) is 1. The Kier molecular flexibility index (Phi) is 3.31. The zero-order valence-electron chi connectivity index (χ0n) is 11.0. The lowest BCUT2D eigenvalue weighted by atomic mass is 10.1. The third kappa shape index (κ3) is 2.46. The second-order valence-corrected chi connectivity index (χ2v) is 5.59. The predicted octanol–water partition coefficient (Wildman–Crippen LogP) is 1.78. The Labute approximate surface area is 119 Å². The summed E-state index contributed by atoms with van der Waals surface area (Å²) < 4.78 is 5.66. The van der Waals surface area contributed by atoms with E-state index in [-0.39, 0.29) is 10.8 Å². The number of hydrogen-bond donors (Lipinski definition) is 1. The molecule has 0 aliphatic carbocycles. The summed E-state index contributed by atoms with van der Waals surface area (Å²) in [5.41, 5.74) is 2.47. The van der Waals surface area contributed by atoms with Crippen LogP contribution in [-0.4, -0.2) is 28.9 Å². The van der Waals surface area contributed by atoms with Gasteiger partial charge >= 0.3 is 4.87 Å². The van der Waals surface area contributed by atoms with Gasteiger partial charge in [0.1, 0.15) is 18.1 Å². The maximum Gasteiger partial charge on any atom is 0.305 e. The van der Waals surface area contributed by atoms with Crippen LogP contribution in [0.3, 0.4) is 0 Å². The minimum absolute atomic E-state index is 0.165. The van der Waals surface area contributed by atoms with Gasteiger partial charge in [0, 0.05) is 17.5 Å². The van der Waals surface area contributed by atoms with Gasteiger partial charge in [0.15, 0.2) is 0 Å². The van der Waals surface area contributed by atoms with Gasteiger partial charge in [0.05, 0.1) is 6.54 Å². The fourth-order valence-corrected chi connectivity index (χ4v) is 2.81. The van der Waals surface area contributed by atoms with E-state index in [0.29, 0.717) is 25.4 Å². The lowest BCUT2D eigenvalue weighted by Crippen LogP contribution is -2.33. The Bertz CT molecular complexity index is 704. The van der Waals surface area contributed by atoms with E-state index in [1.54, 1.807) is 10.3 Å². The molecule has 1 aromatic heterocycles. The van der Waals surface area contributed by atoms with Crippen LogP contribution >= 0.6 is 11.3 Å². The number of nitrogens with one attached hydrogen (secondary N) is 1. The van der Waals surface area contributed by atoms with Gasteiger partial charge in [-0.1, -0.05) is 29.0 Å². The zero-order chi connectivity index (χ0) is 14.1. The van der Waals surface area contributed by atoms with E-state index in [1.807, 2.05) is 25.1 Å². The SMILES string of the molecule is Cc1ccc2c(c1)CN(C(=O)c1csc(=O)[nH]1)CCO2. The van der Waals surface area contributed by atoms with E-state index < -0.39 is 0 Å². The van der Waals surface area contributed by atoms with Gasteiger partial charge in [-0.3, -0.25) is 9.59 Å². The number of carbonyl (C=O) groups excluding carboxylic acids is 1. The van der Waals surface area contributed by atoms with Gasteiger partial charge in [-0.15, -0.1) is 0 Å². The van der Waals surface area contributed by atoms with E-state index >= 15 is 0 Å². The molecule has 104 valence electrons. The number of H-pyrrole nitrogens is 1. The molecule has 1 amide bonds. The quantitative estimate of drug-likeness (QED) is 0.871. The number of benzene rings is 1. The topological polar surface area (TPSA) is 62.4 Å². The highest BCUT2D eigenvalue weighted by Crippen LogP contribution is 2.24. The predicted molar refractivity (Wildman–Crippen MR) is 76.4 cm³/mol. The number of thiazole rings is 1. The Morgan fingerprint density at radius 3 is 3.05 bits per heavy atom. The number of nitrogens with zero attached hydrogens (tertiary/aromatic N) is 1. The smallest absolute Gasteiger partial charge is 0.305 e. The van der Waals surface area contributed by atoms with Crippen LogP contribution in [-0.2, 0) is 6.54 Å². The van der Waals surface area contributed by atoms with Gasteiger partial charge in [-0.2, -0.15) is 0 Å². The highest BCUT2D eigenvalue weighted by molar-refractivity contribution is 7.07. The van der Waals surface area contributed by atoms with Crippen molar-refractivity contribution in [2.45, 2.75) is 13.5 Å². The molecule has 0 radical (unpaired) electrons. The molecular weight excluding hydrogens is 276 g/mol. The summed E-state index contributed by atoms with van der Waals surface area (Å²) in [6.07, 6.45) is 0. The Morgan fingerprint density at radius 2 is 2.30 bits per heavy atom. The van der Waals surface area contributed by atoms with E-state index in [1.165, 1.54) is 0 Å². The standard InChI is InChI=1S/C14H14N2O3S/c1-9-2-3-12-10(6-9)7-16(4-5-19-12)13(17)11-8-20-14(18)15-11/h2-3,6,8H,4-5,7H2,1H3,(H,15,18). The van der Waals surface area contributed by atoms with E-state index in [2.05, 4.69) is 4.98 Å². The number of aryl methyl sites for hydroxylation is 1. The molecule has 20 heavy (non-hydrogen) atoms. The van der Waals surface area contributed by atoms with E-state index in [4.69, 9.17) is 4.74 Å². The van der Waals surface area contributed by atoms with Crippen molar-refractivity contribution in [2.24, 2.45) is 0 Å². The fraction of sp³-hybridized carbons (Fsp3) is 0.286. The van der Waals surface area contributed by atoms with Crippen LogP contribution in [0, 0.1) is 6.92 Å². The van der Waals surface area contributed by atoms with Gasteiger partial charge < -0.3 is 14.6 Å². The summed E-state index contributed by atoms with van der Waals surface area (Å²) in [4.78, 5) is 27.6. The largest absolute Gasteiger partial charge is 0.491 e. The Balaban J connectivity index is 1.88. The van der Waals surface area contributed by atoms with Crippen molar-refractivity contribution in [3.05, 3.63) is 50.1 Å². The van der Waals surface area contributed by atoms with Crippen molar-refractivity contribution in [1.82, 2.24) is 9.88 Å². The third-order valence-electron chi connectivity index (χ3n) is 3.23. The molecular formula is C14H14N2O3S. The van der Waals surface area contributed by atoms with Crippen molar-refractivity contribution in [3.63, 3.8) is 0 Å². The van der Waals surface area contributed by atoms with Gasteiger partial charge in [-0.05, 0) is 13.0 Å². The Morgan fingerprint density at radius 1 is 1.45 bits per heavy atom. The number of hydrogen-bond acceptors (Lipinski definition) is 4. The van der Waals surface area contributed by atoms with Gasteiger partial charge in [0.2, 0.25) is 0 Å².